The molecule has 0 aromatic rings. The van der Waals surface area contributed by atoms with Crippen LogP contribution in [0, 0.1) is 0 Å². The number of nitrogens with zero attached hydrogens (tertiary/aromatic N) is 1. The molecule has 1 atom stereocenters. The van der Waals surface area contributed by atoms with Crippen LogP contribution in [0.25, 0.3) is 0 Å². The number of rotatable bonds is 4. The summed E-state index contributed by atoms with van der Waals surface area (Å²) in [6.07, 6.45) is 5.50. The van der Waals surface area contributed by atoms with Crippen molar-refractivity contribution < 1.29 is 23.9 Å². The number of carbonyl (C=O) groups excluding carboxylic acids is 3. The Morgan fingerprint density at radius 1 is 1.18 bits per heavy atom. The molecule has 7 heteroatoms. The van der Waals surface area contributed by atoms with Gasteiger partial charge in [-0.2, -0.15) is 0 Å². The van der Waals surface area contributed by atoms with Crippen LogP contribution in [0.15, 0.2) is 0 Å². The van der Waals surface area contributed by atoms with Crippen molar-refractivity contribution in [1.82, 2.24) is 10.2 Å². The van der Waals surface area contributed by atoms with Crippen molar-refractivity contribution in [1.29, 1.82) is 0 Å². The van der Waals surface area contributed by atoms with Crippen molar-refractivity contribution in [3.05, 3.63) is 0 Å². The van der Waals surface area contributed by atoms with E-state index < -0.39 is 5.79 Å². The lowest BCUT2D eigenvalue weighted by Gasteiger charge is -2.31. The SMILES string of the molecule is O=C(CN1C(=O)CCC1=O)NC[C@@H]1COC2(CCCCC2)O1. The average Bonchev–Trinajstić information content (AvgIpc) is 3.04. The van der Waals surface area contributed by atoms with Gasteiger partial charge < -0.3 is 14.8 Å². The zero-order valence-electron chi connectivity index (χ0n) is 12.6. The molecule has 22 heavy (non-hydrogen) atoms. The number of carbonyl (C=O) groups is 3. The highest BCUT2D eigenvalue weighted by molar-refractivity contribution is 6.04. The molecule has 1 saturated carbocycles. The normalized spacial score (nSPS) is 27.6. The summed E-state index contributed by atoms with van der Waals surface area (Å²) in [6, 6.07) is 0. The van der Waals surface area contributed by atoms with Crippen LogP contribution in [-0.2, 0) is 23.9 Å². The van der Waals surface area contributed by atoms with Crippen LogP contribution in [0.5, 0.6) is 0 Å². The third-order valence-corrected chi connectivity index (χ3v) is 4.51. The van der Waals surface area contributed by atoms with Crippen LogP contribution in [0.2, 0.25) is 0 Å². The van der Waals surface area contributed by atoms with Crippen molar-refractivity contribution in [3.63, 3.8) is 0 Å². The van der Waals surface area contributed by atoms with Gasteiger partial charge in [0.25, 0.3) is 0 Å². The second kappa shape index (κ2) is 6.34. The molecule has 2 heterocycles. The van der Waals surface area contributed by atoms with Crippen LogP contribution in [0.1, 0.15) is 44.9 Å². The molecule has 122 valence electrons. The largest absolute Gasteiger partial charge is 0.352 e. The minimum absolute atomic E-state index is 0.160. The molecule has 1 N–H and O–H groups in total. The van der Waals surface area contributed by atoms with E-state index in [1.165, 1.54) is 6.42 Å². The maximum Gasteiger partial charge on any atom is 0.240 e. The molecular weight excluding hydrogens is 288 g/mol. The summed E-state index contributed by atoms with van der Waals surface area (Å²) in [7, 11) is 0. The van der Waals surface area contributed by atoms with E-state index >= 15 is 0 Å². The van der Waals surface area contributed by atoms with E-state index in [4.69, 9.17) is 9.47 Å². The molecule has 3 aliphatic rings. The van der Waals surface area contributed by atoms with Crippen molar-refractivity contribution >= 4 is 17.7 Å². The van der Waals surface area contributed by atoms with Gasteiger partial charge in [-0.1, -0.05) is 6.42 Å². The smallest absolute Gasteiger partial charge is 0.240 e. The third kappa shape index (κ3) is 3.30. The van der Waals surface area contributed by atoms with Crippen molar-refractivity contribution in [2.75, 3.05) is 19.7 Å². The van der Waals surface area contributed by atoms with Gasteiger partial charge in [-0.05, 0) is 12.8 Å². The highest BCUT2D eigenvalue weighted by atomic mass is 16.7. The van der Waals surface area contributed by atoms with Crippen molar-refractivity contribution in [2.24, 2.45) is 0 Å². The Balaban J connectivity index is 1.42. The quantitative estimate of drug-likeness (QED) is 0.756. The van der Waals surface area contributed by atoms with E-state index in [9.17, 15) is 14.4 Å². The average molecular weight is 310 g/mol. The Morgan fingerprint density at radius 2 is 1.86 bits per heavy atom. The maximum absolute atomic E-state index is 11.9. The molecule has 7 nitrogen and oxygen atoms in total. The summed E-state index contributed by atoms with van der Waals surface area (Å²) in [5.41, 5.74) is 0. The number of likely N-dealkylation sites (tertiary alicyclic amines) is 1. The zero-order valence-corrected chi connectivity index (χ0v) is 12.6. The first-order valence-electron chi connectivity index (χ1n) is 8.00. The molecule has 1 spiro atoms. The van der Waals surface area contributed by atoms with Gasteiger partial charge in [-0.15, -0.1) is 0 Å². The molecule has 3 rings (SSSR count). The summed E-state index contributed by atoms with van der Waals surface area (Å²) >= 11 is 0. The minimum Gasteiger partial charge on any atom is -0.352 e. The highest BCUT2D eigenvalue weighted by Gasteiger charge is 2.42. The number of ether oxygens (including phenoxy) is 2. The predicted molar refractivity (Wildman–Crippen MR) is 75.6 cm³/mol. The number of nitrogens with one attached hydrogen (secondary N) is 1. The first kappa shape index (κ1) is 15.4. The molecule has 3 amide bonds. The number of hydrogen-bond acceptors (Lipinski definition) is 5. The van der Waals surface area contributed by atoms with E-state index in [2.05, 4.69) is 5.32 Å². The fraction of sp³-hybridized carbons (Fsp3) is 0.800. The fourth-order valence-electron chi connectivity index (χ4n) is 3.30. The van der Waals surface area contributed by atoms with Gasteiger partial charge in [0.2, 0.25) is 17.7 Å². The molecule has 0 radical (unpaired) electrons. The second-order valence-corrected chi connectivity index (χ2v) is 6.20. The molecule has 0 aromatic heterocycles. The van der Waals surface area contributed by atoms with Gasteiger partial charge in [0.15, 0.2) is 5.79 Å². The van der Waals surface area contributed by atoms with E-state index in [-0.39, 0.29) is 43.2 Å². The Bertz CT molecular complexity index is 457. The predicted octanol–water partition coefficient (Wildman–Crippen LogP) is 0.327. The first-order valence-corrected chi connectivity index (χ1v) is 8.00. The van der Waals surface area contributed by atoms with Crippen molar-refractivity contribution in [2.45, 2.75) is 56.8 Å². The van der Waals surface area contributed by atoms with Gasteiger partial charge in [0.1, 0.15) is 12.6 Å². The molecule has 2 saturated heterocycles. The Morgan fingerprint density at radius 3 is 2.55 bits per heavy atom. The lowest BCUT2D eigenvalue weighted by Crippen LogP contribution is -2.43. The van der Waals surface area contributed by atoms with E-state index in [0.717, 1.165) is 30.6 Å². The summed E-state index contributed by atoms with van der Waals surface area (Å²) in [4.78, 5) is 35.8. The summed E-state index contributed by atoms with van der Waals surface area (Å²) < 4.78 is 11.8. The lowest BCUT2D eigenvalue weighted by atomic mass is 9.94. The van der Waals surface area contributed by atoms with Crippen LogP contribution in [0.4, 0.5) is 0 Å². The highest BCUT2D eigenvalue weighted by Crippen LogP contribution is 2.37. The van der Waals surface area contributed by atoms with Crippen LogP contribution in [0.3, 0.4) is 0 Å². The van der Waals surface area contributed by atoms with Gasteiger partial charge in [-0.3, -0.25) is 19.3 Å². The summed E-state index contributed by atoms with van der Waals surface area (Å²) in [5.74, 6) is -1.34. The van der Waals surface area contributed by atoms with Gasteiger partial charge in [0.05, 0.1) is 6.61 Å². The minimum atomic E-state index is -0.450. The van der Waals surface area contributed by atoms with Gasteiger partial charge >= 0.3 is 0 Å². The van der Waals surface area contributed by atoms with Gasteiger partial charge in [-0.25, -0.2) is 0 Å². The Labute approximate surface area is 129 Å². The molecule has 2 aliphatic heterocycles. The molecule has 0 unspecified atom stereocenters. The number of amides is 3. The topological polar surface area (TPSA) is 84.9 Å². The molecule has 1 aliphatic carbocycles. The molecule has 0 bridgehead atoms. The molecular formula is C15H22N2O5. The number of hydrogen-bond donors (Lipinski definition) is 1. The van der Waals surface area contributed by atoms with Gasteiger partial charge in [0, 0.05) is 32.2 Å². The Kier molecular flexibility index (Phi) is 4.44. The monoisotopic (exact) mass is 310 g/mol. The first-order chi connectivity index (χ1) is 10.6. The number of imide groups is 1. The Hall–Kier alpha value is -1.47. The standard InChI is InChI=1S/C15H22N2O5/c18-12(9-17-13(19)4-5-14(17)20)16-8-11-10-21-15(22-11)6-2-1-3-7-15/h11H,1-10H2,(H,16,18)/t11-/m1/s1. The third-order valence-electron chi connectivity index (χ3n) is 4.51. The zero-order chi connectivity index (χ0) is 15.6. The van der Waals surface area contributed by atoms with E-state index in [1.54, 1.807) is 0 Å². The van der Waals surface area contributed by atoms with Crippen LogP contribution < -0.4 is 5.32 Å². The van der Waals surface area contributed by atoms with E-state index in [0.29, 0.717) is 13.2 Å². The molecule has 3 fully saturated rings. The lowest BCUT2D eigenvalue weighted by molar-refractivity contribution is -0.186. The van der Waals surface area contributed by atoms with Crippen LogP contribution >= 0.6 is 0 Å². The fourth-order valence-corrected chi connectivity index (χ4v) is 3.30. The van der Waals surface area contributed by atoms with Crippen molar-refractivity contribution in [3.8, 4) is 0 Å². The maximum atomic E-state index is 11.9. The van der Waals surface area contributed by atoms with Crippen LogP contribution in [-0.4, -0.2) is 54.2 Å². The summed E-state index contributed by atoms with van der Waals surface area (Å²) in [5, 5.41) is 2.72. The van der Waals surface area contributed by atoms with E-state index in [1.807, 2.05) is 0 Å². The second-order valence-electron chi connectivity index (χ2n) is 6.20. The summed E-state index contributed by atoms with van der Waals surface area (Å²) in [6.45, 7) is 0.620. The molecule has 0 aromatic carbocycles.